The first kappa shape index (κ1) is 29.5. The molecule has 0 aromatic rings. The summed E-state index contributed by atoms with van der Waals surface area (Å²) in [7, 11) is -1.82. The van der Waals surface area contributed by atoms with Gasteiger partial charge in [0, 0.05) is 0 Å². The van der Waals surface area contributed by atoms with Gasteiger partial charge >= 0.3 is 6.80 Å². The third-order valence-electron chi connectivity index (χ3n) is 6.14. The second kappa shape index (κ2) is 19.2. The summed E-state index contributed by atoms with van der Waals surface area (Å²) >= 11 is 0. The fourth-order valence-electron chi connectivity index (χ4n) is 4.12. The Bertz CT molecular complexity index is 357. The summed E-state index contributed by atoms with van der Waals surface area (Å²) in [4.78, 5) is 20.8. The Morgan fingerprint density at radius 1 is 0.483 bits per heavy atom. The lowest BCUT2D eigenvalue weighted by atomic mass is 10.1. The van der Waals surface area contributed by atoms with E-state index in [1.165, 1.54) is 77.0 Å². The lowest BCUT2D eigenvalue weighted by Gasteiger charge is -2.40. The first-order chi connectivity index (χ1) is 13.9. The van der Waals surface area contributed by atoms with Crippen molar-refractivity contribution in [2.24, 2.45) is 0 Å². The van der Waals surface area contributed by atoms with Crippen LogP contribution in [0.1, 0.15) is 136 Å². The smallest absolute Gasteiger partial charge is 0.318 e. The molecule has 0 aromatic heterocycles. The van der Waals surface area contributed by atoms with Gasteiger partial charge in [-0.05, 0) is 36.5 Å². The third-order valence-corrected chi connectivity index (χ3v) is 15.0. The Balaban J connectivity index is 4.70. The van der Waals surface area contributed by atoms with E-state index in [1.54, 1.807) is 0 Å². The van der Waals surface area contributed by atoms with Crippen LogP contribution in [0.4, 0.5) is 0 Å². The van der Waals surface area contributed by atoms with Crippen LogP contribution in [-0.4, -0.2) is 27.0 Å². The first-order valence-corrected chi connectivity index (χ1v) is 17.1. The molecule has 0 heterocycles. The van der Waals surface area contributed by atoms with Gasteiger partial charge in [-0.15, -0.1) is 9.65 Å². The summed E-state index contributed by atoms with van der Waals surface area (Å²) < 4.78 is 12.7. The van der Waals surface area contributed by atoms with Crippen molar-refractivity contribution in [1.82, 2.24) is 0 Å². The summed E-state index contributed by atoms with van der Waals surface area (Å²) in [6.45, 7) is 2.67. The molecule has 0 spiro atoms. The average molecular weight is 453 g/mol. The molecule has 2 N–H and O–H groups in total. The van der Waals surface area contributed by atoms with Crippen molar-refractivity contribution in [3.05, 3.63) is 0 Å². The van der Waals surface area contributed by atoms with Crippen molar-refractivity contribution >= 4 is 16.4 Å². The van der Waals surface area contributed by atoms with Gasteiger partial charge in [-0.25, -0.2) is 4.57 Å². The van der Waals surface area contributed by atoms with Crippen LogP contribution in [0.3, 0.4) is 0 Å². The normalized spacial score (nSPS) is 13.1. The zero-order valence-electron chi connectivity index (χ0n) is 20.0. The number of unbranched alkanes of at least 4 members (excludes halogenated alkanes) is 15. The molecule has 0 saturated carbocycles. The molecular weight excluding hydrogens is 399 g/mol. The summed E-state index contributed by atoms with van der Waals surface area (Å²) in [6, 6.07) is 0. The number of hydrogen-bond acceptors (Lipinski definition) is 1. The molecule has 3 nitrogen and oxygen atoms in total. The van der Waals surface area contributed by atoms with E-state index >= 15 is 0 Å². The fourth-order valence-corrected chi connectivity index (χ4v) is 11.0. The van der Waals surface area contributed by atoms with Gasteiger partial charge in [0.25, 0.3) is 0 Å². The maximum atomic E-state index is 12.7. The maximum absolute atomic E-state index is 12.7. The molecule has 0 radical (unpaired) electrons. The van der Waals surface area contributed by atoms with Crippen molar-refractivity contribution in [2.45, 2.75) is 136 Å². The molecule has 0 aliphatic heterocycles. The predicted octanol–water partition coefficient (Wildman–Crippen LogP) is 8.97. The van der Waals surface area contributed by atoms with Gasteiger partial charge in [0.05, 0.1) is 0 Å². The molecule has 0 aromatic carbocycles. The van der Waals surface area contributed by atoms with E-state index in [0.717, 1.165) is 55.8 Å². The van der Waals surface area contributed by atoms with Crippen LogP contribution < -0.4 is 0 Å². The summed E-state index contributed by atoms with van der Waals surface area (Å²) in [5, 5.41) is 0. The molecule has 0 unspecified atom stereocenters. The molecule has 29 heavy (non-hydrogen) atoms. The SMILES string of the molecule is CCCCCCCCS(CCCCCCCC)(CCCCCCCC)P(=O)(O)O. The van der Waals surface area contributed by atoms with E-state index < -0.39 is 16.4 Å². The van der Waals surface area contributed by atoms with Gasteiger partial charge in [-0.2, -0.15) is 0 Å². The maximum Gasteiger partial charge on any atom is 0.366 e. The molecular formula is C24H53O3PS. The van der Waals surface area contributed by atoms with E-state index in [4.69, 9.17) is 0 Å². The van der Waals surface area contributed by atoms with Crippen molar-refractivity contribution < 1.29 is 14.4 Å². The topological polar surface area (TPSA) is 57.5 Å². The van der Waals surface area contributed by atoms with Crippen LogP contribution in [-0.2, 0) is 4.57 Å². The Kier molecular flexibility index (Phi) is 19.5. The van der Waals surface area contributed by atoms with Crippen LogP contribution in [0.2, 0.25) is 0 Å². The monoisotopic (exact) mass is 452 g/mol. The van der Waals surface area contributed by atoms with E-state index in [9.17, 15) is 14.4 Å². The van der Waals surface area contributed by atoms with Gasteiger partial charge in [0.15, 0.2) is 0 Å². The van der Waals surface area contributed by atoms with Crippen molar-refractivity contribution in [3.8, 4) is 0 Å². The second-order valence-corrected chi connectivity index (χ2v) is 16.9. The largest absolute Gasteiger partial charge is 0.366 e. The molecule has 178 valence electrons. The predicted molar refractivity (Wildman–Crippen MR) is 134 cm³/mol. The minimum absolute atomic E-state index is 0.799. The highest BCUT2D eigenvalue weighted by molar-refractivity contribution is 8.76. The minimum atomic E-state index is -4.01. The molecule has 0 rings (SSSR count). The van der Waals surface area contributed by atoms with Gasteiger partial charge in [-0.3, -0.25) is 0 Å². The Morgan fingerprint density at radius 3 is 0.966 bits per heavy atom. The third kappa shape index (κ3) is 15.0. The van der Waals surface area contributed by atoms with E-state index in [2.05, 4.69) is 20.8 Å². The van der Waals surface area contributed by atoms with Gasteiger partial charge in [0.1, 0.15) is 0 Å². The average Bonchev–Trinajstić information content (AvgIpc) is 2.68. The van der Waals surface area contributed by atoms with E-state index in [0.29, 0.717) is 0 Å². The van der Waals surface area contributed by atoms with Crippen LogP contribution in [0.25, 0.3) is 0 Å². The number of rotatable bonds is 22. The molecule has 0 amide bonds. The summed E-state index contributed by atoms with van der Waals surface area (Å²) in [6.07, 6.45) is 21.5. The van der Waals surface area contributed by atoms with E-state index in [1.807, 2.05) is 0 Å². The van der Waals surface area contributed by atoms with Crippen LogP contribution >= 0.6 is 16.4 Å². The van der Waals surface area contributed by atoms with Crippen molar-refractivity contribution in [3.63, 3.8) is 0 Å². The second-order valence-electron chi connectivity index (χ2n) is 8.91. The van der Waals surface area contributed by atoms with Crippen LogP contribution in [0.5, 0.6) is 0 Å². The molecule has 0 atom stereocenters. The van der Waals surface area contributed by atoms with Crippen LogP contribution in [0, 0.1) is 0 Å². The lowest BCUT2D eigenvalue weighted by Crippen LogP contribution is -2.15. The minimum Gasteiger partial charge on any atom is -0.318 e. The molecule has 5 heteroatoms. The van der Waals surface area contributed by atoms with Crippen LogP contribution in [0.15, 0.2) is 0 Å². The zero-order valence-corrected chi connectivity index (χ0v) is 21.7. The molecule has 0 bridgehead atoms. The molecule has 0 fully saturated rings. The highest BCUT2D eigenvalue weighted by Gasteiger charge is 2.39. The number of hydrogen-bond donors (Lipinski definition) is 2. The lowest BCUT2D eigenvalue weighted by molar-refractivity contribution is 0.395. The molecule has 0 aliphatic carbocycles. The molecule has 0 aliphatic rings. The highest BCUT2D eigenvalue weighted by Crippen LogP contribution is 2.77. The van der Waals surface area contributed by atoms with E-state index in [-0.39, 0.29) is 0 Å². The van der Waals surface area contributed by atoms with Gasteiger partial charge in [-0.1, -0.05) is 117 Å². The first-order valence-electron chi connectivity index (χ1n) is 12.8. The quantitative estimate of drug-likeness (QED) is 0.127. The standard InChI is InChI=1S/C24H53O3PS/c1-4-7-10-13-16-19-22-29(28(25,26)27,23-20-17-14-11-8-5-2)24-21-18-15-12-9-6-3/h4-24H2,1-3H3,(H2,25,26,27). The van der Waals surface area contributed by atoms with Crippen molar-refractivity contribution in [1.29, 1.82) is 0 Å². The highest BCUT2D eigenvalue weighted by atomic mass is 32.8. The van der Waals surface area contributed by atoms with Gasteiger partial charge < -0.3 is 9.79 Å². The zero-order chi connectivity index (χ0) is 21.8. The summed E-state index contributed by atoms with van der Waals surface area (Å²) in [5.74, 6) is 2.40. The Labute approximate surface area is 184 Å². The van der Waals surface area contributed by atoms with Crippen molar-refractivity contribution in [2.75, 3.05) is 17.3 Å². The fraction of sp³-hybridized carbons (Fsp3) is 1.00. The summed E-state index contributed by atoms with van der Waals surface area (Å²) in [5.41, 5.74) is 0. The van der Waals surface area contributed by atoms with Gasteiger partial charge in [0.2, 0.25) is 0 Å². The molecule has 0 saturated heterocycles. The Hall–Kier alpha value is 0.500. The Morgan fingerprint density at radius 2 is 0.724 bits per heavy atom.